The summed E-state index contributed by atoms with van der Waals surface area (Å²) in [7, 11) is 0. The first-order valence-electron chi connectivity index (χ1n) is 11.9. The highest BCUT2D eigenvalue weighted by Crippen LogP contribution is 2.31. The van der Waals surface area contributed by atoms with Gasteiger partial charge in [0.1, 0.15) is 5.75 Å². The van der Waals surface area contributed by atoms with Crippen molar-refractivity contribution in [3.63, 3.8) is 0 Å². The van der Waals surface area contributed by atoms with E-state index in [4.69, 9.17) is 9.84 Å². The van der Waals surface area contributed by atoms with E-state index in [1.165, 1.54) is 31.0 Å². The molecule has 2 aromatic carbocycles. The molecule has 2 aromatic rings. The van der Waals surface area contributed by atoms with Crippen molar-refractivity contribution in [2.75, 3.05) is 24.6 Å². The molecule has 1 atom stereocenters. The number of carboxylic acid groups (broad SMARTS) is 1. The second-order valence-corrected chi connectivity index (χ2v) is 8.40. The van der Waals surface area contributed by atoms with Crippen molar-refractivity contribution >= 4 is 23.6 Å². The number of carbonyl (C=O) groups is 2. The lowest BCUT2D eigenvalue weighted by molar-refractivity contribution is -0.131. The molecule has 1 amide bonds. The Morgan fingerprint density at radius 3 is 2.65 bits per heavy atom. The summed E-state index contributed by atoms with van der Waals surface area (Å²) in [4.78, 5) is 26.3. The Kier molecular flexibility index (Phi) is 9.32. The predicted octanol–water partition coefficient (Wildman–Crippen LogP) is 5.15. The van der Waals surface area contributed by atoms with Crippen LogP contribution < -0.4 is 15.0 Å². The number of rotatable bonds is 11. The summed E-state index contributed by atoms with van der Waals surface area (Å²) < 4.78 is 5.67. The summed E-state index contributed by atoms with van der Waals surface area (Å²) in [6.07, 6.45) is 8.88. The highest BCUT2D eigenvalue weighted by molar-refractivity contribution is 5.86. The summed E-state index contributed by atoms with van der Waals surface area (Å²) in [5, 5.41) is 12.1. The van der Waals surface area contributed by atoms with Crippen molar-refractivity contribution in [1.82, 2.24) is 5.32 Å². The van der Waals surface area contributed by atoms with Gasteiger partial charge in [-0.1, -0.05) is 36.4 Å². The molecule has 1 heterocycles. The number of amides is 1. The van der Waals surface area contributed by atoms with Crippen LogP contribution in [0.25, 0.3) is 6.08 Å². The van der Waals surface area contributed by atoms with Crippen LogP contribution in [0.5, 0.6) is 5.75 Å². The third-order valence-electron chi connectivity index (χ3n) is 5.89. The lowest BCUT2D eigenvalue weighted by Crippen LogP contribution is -2.34. The highest BCUT2D eigenvalue weighted by atomic mass is 16.5. The van der Waals surface area contributed by atoms with Gasteiger partial charge in [0, 0.05) is 30.4 Å². The molecule has 2 N–H and O–H groups in total. The van der Waals surface area contributed by atoms with Crippen LogP contribution in [0.1, 0.15) is 55.3 Å². The summed E-state index contributed by atoms with van der Waals surface area (Å²) in [6, 6.07) is 13.5. The topological polar surface area (TPSA) is 78.9 Å². The molecule has 0 spiro atoms. The number of carboxylic acids is 1. The lowest BCUT2D eigenvalue weighted by atomic mass is 9.98. The first-order valence-corrected chi connectivity index (χ1v) is 11.9. The van der Waals surface area contributed by atoms with Crippen LogP contribution >= 0.6 is 0 Å². The molecule has 6 heteroatoms. The Labute approximate surface area is 201 Å². The Morgan fingerprint density at radius 2 is 1.94 bits per heavy atom. The van der Waals surface area contributed by atoms with Crippen LogP contribution in [0.15, 0.2) is 61.2 Å². The van der Waals surface area contributed by atoms with Crippen LogP contribution in [0.4, 0.5) is 5.69 Å². The average molecular weight is 463 g/mol. The van der Waals surface area contributed by atoms with E-state index in [1.807, 2.05) is 25.1 Å². The van der Waals surface area contributed by atoms with E-state index in [2.05, 4.69) is 35.0 Å². The molecule has 34 heavy (non-hydrogen) atoms. The smallest absolute Gasteiger partial charge is 0.328 e. The number of benzene rings is 2. The van der Waals surface area contributed by atoms with E-state index < -0.39 is 5.97 Å². The number of ether oxygens (including phenoxy) is 1. The minimum Gasteiger partial charge on any atom is -0.493 e. The monoisotopic (exact) mass is 462 g/mol. The molecule has 3 rings (SSSR count). The van der Waals surface area contributed by atoms with Crippen molar-refractivity contribution in [3.8, 4) is 5.75 Å². The predicted molar refractivity (Wildman–Crippen MR) is 136 cm³/mol. The van der Waals surface area contributed by atoms with Gasteiger partial charge in [0.25, 0.3) is 0 Å². The fourth-order valence-corrected chi connectivity index (χ4v) is 4.33. The van der Waals surface area contributed by atoms with Crippen LogP contribution in [0.2, 0.25) is 0 Å². The third kappa shape index (κ3) is 6.98. The standard InChI is InChI=1S/C28H34N2O4/c1-3-10-24(23-11-6-7-12-25(23)30-17-8-5-9-18-30)29-27(31)20-21-13-14-22(15-16-28(32)33)26(19-21)34-4-2/h3,6-7,11-16,19,24H,1,4-5,8-10,17-18,20H2,2H3,(H,29,31)(H,32,33)/b16-15+. The zero-order valence-corrected chi connectivity index (χ0v) is 19.8. The van der Waals surface area contributed by atoms with Gasteiger partial charge in [-0.05, 0) is 61.9 Å². The molecule has 180 valence electrons. The molecule has 1 unspecified atom stereocenters. The molecule has 6 nitrogen and oxygen atoms in total. The van der Waals surface area contributed by atoms with Crippen molar-refractivity contribution in [1.29, 1.82) is 0 Å². The summed E-state index contributed by atoms with van der Waals surface area (Å²) in [6.45, 7) is 8.28. The van der Waals surface area contributed by atoms with Crippen LogP contribution in [0.3, 0.4) is 0 Å². The number of nitrogens with one attached hydrogen (secondary N) is 1. The van der Waals surface area contributed by atoms with Gasteiger partial charge >= 0.3 is 5.97 Å². The van der Waals surface area contributed by atoms with E-state index in [0.29, 0.717) is 24.3 Å². The van der Waals surface area contributed by atoms with Gasteiger partial charge in [-0.2, -0.15) is 0 Å². The fourth-order valence-electron chi connectivity index (χ4n) is 4.33. The van der Waals surface area contributed by atoms with Gasteiger partial charge in [0.15, 0.2) is 0 Å². The molecule has 1 aliphatic rings. The molecule has 0 radical (unpaired) electrons. The minimum absolute atomic E-state index is 0.0865. The van der Waals surface area contributed by atoms with Gasteiger partial charge in [-0.25, -0.2) is 4.79 Å². The number of para-hydroxylation sites is 1. The number of carbonyl (C=O) groups excluding carboxylic acids is 1. The zero-order valence-electron chi connectivity index (χ0n) is 19.8. The fraction of sp³-hybridized carbons (Fsp3) is 0.357. The average Bonchev–Trinajstić information content (AvgIpc) is 2.84. The Balaban J connectivity index is 1.76. The van der Waals surface area contributed by atoms with Crippen LogP contribution in [-0.4, -0.2) is 36.7 Å². The second-order valence-electron chi connectivity index (χ2n) is 8.40. The highest BCUT2D eigenvalue weighted by Gasteiger charge is 2.21. The molecule has 1 saturated heterocycles. The maximum Gasteiger partial charge on any atom is 0.328 e. The lowest BCUT2D eigenvalue weighted by Gasteiger charge is -2.32. The first kappa shape index (κ1) is 25.1. The van der Waals surface area contributed by atoms with Gasteiger partial charge in [0.05, 0.1) is 19.1 Å². The number of piperidine rings is 1. The van der Waals surface area contributed by atoms with Crippen molar-refractivity contribution in [2.24, 2.45) is 0 Å². The summed E-state index contributed by atoms with van der Waals surface area (Å²) in [5.74, 6) is -0.552. The molecule has 0 saturated carbocycles. The van der Waals surface area contributed by atoms with E-state index in [1.54, 1.807) is 12.1 Å². The van der Waals surface area contributed by atoms with E-state index >= 15 is 0 Å². The summed E-state index contributed by atoms with van der Waals surface area (Å²) in [5.41, 5.74) is 3.76. The van der Waals surface area contributed by atoms with Crippen molar-refractivity contribution in [2.45, 2.75) is 45.1 Å². The molecule has 0 aliphatic carbocycles. The van der Waals surface area contributed by atoms with E-state index in [9.17, 15) is 9.59 Å². The molecular formula is C28H34N2O4. The van der Waals surface area contributed by atoms with Gasteiger partial charge in [-0.15, -0.1) is 6.58 Å². The number of hydrogen-bond acceptors (Lipinski definition) is 4. The maximum atomic E-state index is 13.0. The van der Waals surface area contributed by atoms with E-state index in [-0.39, 0.29) is 18.4 Å². The van der Waals surface area contributed by atoms with Crippen LogP contribution in [0, 0.1) is 0 Å². The Morgan fingerprint density at radius 1 is 1.18 bits per heavy atom. The zero-order chi connectivity index (χ0) is 24.3. The first-order chi connectivity index (χ1) is 16.5. The van der Waals surface area contributed by atoms with Gasteiger partial charge in [-0.3, -0.25) is 4.79 Å². The van der Waals surface area contributed by atoms with Crippen molar-refractivity contribution < 1.29 is 19.4 Å². The number of anilines is 1. The SMILES string of the molecule is C=CCC(NC(=O)Cc1ccc(/C=C/C(=O)O)c(OCC)c1)c1ccccc1N1CCCCC1. The minimum atomic E-state index is -1.02. The van der Waals surface area contributed by atoms with E-state index in [0.717, 1.165) is 30.3 Å². The van der Waals surface area contributed by atoms with Crippen LogP contribution in [-0.2, 0) is 16.0 Å². The number of hydrogen-bond donors (Lipinski definition) is 2. The van der Waals surface area contributed by atoms with Gasteiger partial charge < -0.3 is 20.1 Å². The largest absolute Gasteiger partial charge is 0.493 e. The maximum absolute atomic E-state index is 13.0. The molecule has 1 aliphatic heterocycles. The number of nitrogens with zero attached hydrogens (tertiary/aromatic N) is 1. The summed E-state index contributed by atoms with van der Waals surface area (Å²) >= 11 is 0. The van der Waals surface area contributed by atoms with Gasteiger partial charge in [0.2, 0.25) is 5.91 Å². The molecule has 0 aromatic heterocycles. The second kappa shape index (κ2) is 12.6. The Bertz CT molecular complexity index is 1020. The quantitative estimate of drug-likeness (QED) is 0.357. The number of aliphatic carboxylic acids is 1. The molecule has 0 bridgehead atoms. The Hall–Kier alpha value is -3.54. The molecule has 1 fully saturated rings. The molecular weight excluding hydrogens is 428 g/mol. The normalized spacial score (nSPS) is 14.6. The van der Waals surface area contributed by atoms with Crippen molar-refractivity contribution in [3.05, 3.63) is 77.9 Å². The third-order valence-corrected chi connectivity index (χ3v) is 5.89.